The Morgan fingerprint density at radius 2 is 2.00 bits per heavy atom. The number of fused-ring (bicyclic) bond motifs is 1. The zero-order valence-corrected chi connectivity index (χ0v) is 11.0. The van der Waals surface area contributed by atoms with Gasteiger partial charge in [0.15, 0.2) is 0 Å². The first-order chi connectivity index (χ1) is 8.84. The number of para-hydroxylation sites is 1. The number of rotatable bonds is 3. The van der Waals surface area contributed by atoms with Gasteiger partial charge in [-0.1, -0.05) is 18.2 Å². The van der Waals surface area contributed by atoms with Crippen molar-refractivity contribution >= 4 is 27.0 Å². The molecule has 3 rings (SSSR count). The van der Waals surface area contributed by atoms with Crippen LogP contribution in [0, 0.1) is 0 Å². The van der Waals surface area contributed by atoms with Crippen LogP contribution in [0.2, 0.25) is 0 Å². The van der Waals surface area contributed by atoms with E-state index in [4.69, 9.17) is 4.74 Å². The molecule has 4 nitrogen and oxygen atoms in total. The number of ether oxygens (including phenoxy) is 1. The third kappa shape index (κ3) is 2.09. The Kier molecular flexibility index (Phi) is 2.98. The summed E-state index contributed by atoms with van der Waals surface area (Å²) in [6.07, 6.45) is 3.39. The summed E-state index contributed by atoms with van der Waals surface area (Å²) in [5.74, 6) is 0.830. The highest BCUT2D eigenvalue weighted by Gasteiger charge is 2.09. The minimum Gasteiger partial charge on any atom is -0.487 e. The fourth-order valence-electron chi connectivity index (χ4n) is 1.76. The van der Waals surface area contributed by atoms with Crippen LogP contribution in [-0.4, -0.2) is 15.0 Å². The van der Waals surface area contributed by atoms with Crippen LogP contribution in [0.5, 0.6) is 5.75 Å². The summed E-state index contributed by atoms with van der Waals surface area (Å²) in [6.45, 7) is 0.416. The molecule has 0 amide bonds. The van der Waals surface area contributed by atoms with E-state index < -0.39 is 0 Å². The zero-order valence-electron chi connectivity index (χ0n) is 9.43. The van der Waals surface area contributed by atoms with Crippen molar-refractivity contribution in [3.05, 3.63) is 53.0 Å². The number of aromatic nitrogens is 3. The predicted molar refractivity (Wildman–Crippen MR) is 72.4 cm³/mol. The number of nitrogens with zero attached hydrogens (tertiary/aromatic N) is 2. The molecule has 0 radical (unpaired) electrons. The summed E-state index contributed by atoms with van der Waals surface area (Å²) in [5.41, 5.74) is 1.67. The predicted octanol–water partition coefficient (Wildman–Crippen LogP) is 3.30. The van der Waals surface area contributed by atoms with Gasteiger partial charge in [0.05, 0.1) is 11.1 Å². The normalized spacial score (nSPS) is 10.7. The van der Waals surface area contributed by atoms with Crippen molar-refractivity contribution in [2.24, 2.45) is 0 Å². The molecule has 0 fully saturated rings. The van der Waals surface area contributed by atoms with Gasteiger partial charge in [-0.3, -0.25) is 0 Å². The van der Waals surface area contributed by atoms with E-state index in [9.17, 15) is 0 Å². The lowest BCUT2D eigenvalue weighted by atomic mass is 10.3. The molecule has 2 heterocycles. The number of benzene rings is 1. The van der Waals surface area contributed by atoms with E-state index in [1.807, 2.05) is 36.5 Å². The molecule has 0 saturated carbocycles. The maximum absolute atomic E-state index is 5.70. The molecule has 0 saturated heterocycles. The highest BCUT2D eigenvalue weighted by molar-refractivity contribution is 9.10. The molecule has 0 aliphatic carbocycles. The average Bonchev–Trinajstić information content (AvgIpc) is 2.80. The summed E-state index contributed by atoms with van der Waals surface area (Å²) in [6, 6.07) is 9.68. The van der Waals surface area contributed by atoms with E-state index in [2.05, 4.69) is 30.9 Å². The van der Waals surface area contributed by atoms with Gasteiger partial charge in [0, 0.05) is 10.7 Å². The summed E-state index contributed by atoms with van der Waals surface area (Å²) in [5, 5.41) is 0.966. The summed E-state index contributed by atoms with van der Waals surface area (Å²) in [7, 11) is 0. The lowest BCUT2D eigenvalue weighted by Crippen LogP contribution is -1.99. The molecule has 90 valence electrons. The third-order valence-corrected chi connectivity index (χ3v) is 3.24. The van der Waals surface area contributed by atoms with E-state index in [-0.39, 0.29) is 0 Å². The van der Waals surface area contributed by atoms with Gasteiger partial charge in [-0.25, -0.2) is 9.97 Å². The minimum atomic E-state index is 0.416. The maximum atomic E-state index is 5.70. The molecule has 0 bridgehead atoms. The number of aromatic amines is 1. The zero-order chi connectivity index (χ0) is 12.4. The second-order valence-corrected chi connectivity index (χ2v) is 4.64. The van der Waals surface area contributed by atoms with Gasteiger partial charge in [-0.2, -0.15) is 0 Å². The highest BCUT2D eigenvalue weighted by Crippen LogP contribution is 2.25. The second-order valence-electron chi connectivity index (χ2n) is 3.78. The van der Waals surface area contributed by atoms with Gasteiger partial charge in [-0.15, -0.1) is 0 Å². The molecule has 18 heavy (non-hydrogen) atoms. The molecule has 1 N–H and O–H groups in total. The Morgan fingerprint density at radius 1 is 1.17 bits per heavy atom. The van der Waals surface area contributed by atoms with Gasteiger partial charge in [0.1, 0.15) is 24.3 Å². The fraction of sp³-hybridized carbons (Fsp3) is 0.0769. The third-order valence-electron chi connectivity index (χ3n) is 2.62. The number of hydrogen-bond donors (Lipinski definition) is 1. The number of nitrogens with one attached hydrogen (secondary N) is 1. The second kappa shape index (κ2) is 4.78. The van der Waals surface area contributed by atoms with Crippen LogP contribution in [0.15, 0.2) is 47.3 Å². The quantitative estimate of drug-likeness (QED) is 0.807. The van der Waals surface area contributed by atoms with Crippen molar-refractivity contribution in [3.63, 3.8) is 0 Å². The Hall–Kier alpha value is -1.88. The van der Waals surface area contributed by atoms with E-state index in [0.29, 0.717) is 6.61 Å². The summed E-state index contributed by atoms with van der Waals surface area (Å²) >= 11 is 3.48. The molecule has 2 aromatic heterocycles. The summed E-state index contributed by atoms with van der Waals surface area (Å²) in [4.78, 5) is 11.5. The van der Waals surface area contributed by atoms with Gasteiger partial charge in [0.2, 0.25) is 0 Å². The molecule has 5 heteroatoms. The van der Waals surface area contributed by atoms with E-state index in [1.54, 1.807) is 0 Å². The minimum absolute atomic E-state index is 0.416. The average molecular weight is 304 g/mol. The van der Waals surface area contributed by atoms with Crippen LogP contribution in [-0.2, 0) is 6.61 Å². The van der Waals surface area contributed by atoms with Crippen molar-refractivity contribution in [3.8, 4) is 5.75 Å². The van der Waals surface area contributed by atoms with Gasteiger partial charge in [-0.05, 0) is 28.1 Å². The smallest absolute Gasteiger partial charge is 0.142 e. The van der Waals surface area contributed by atoms with E-state index in [1.165, 1.54) is 6.33 Å². The van der Waals surface area contributed by atoms with Crippen molar-refractivity contribution in [1.29, 1.82) is 0 Å². The van der Waals surface area contributed by atoms with Crippen LogP contribution in [0.4, 0.5) is 0 Å². The van der Waals surface area contributed by atoms with Crippen molar-refractivity contribution < 1.29 is 4.74 Å². The lowest BCUT2D eigenvalue weighted by Gasteiger charge is -2.06. The number of hydrogen-bond acceptors (Lipinski definition) is 3. The highest BCUT2D eigenvalue weighted by atomic mass is 79.9. The maximum Gasteiger partial charge on any atom is 0.142 e. The first kappa shape index (κ1) is 11.2. The SMILES string of the molecule is Brc1c[nH]c2ncnc(COc3ccccc3)c12. The van der Waals surface area contributed by atoms with Crippen LogP contribution >= 0.6 is 15.9 Å². The van der Waals surface area contributed by atoms with Crippen molar-refractivity contribution in [2.75, 3.05) is 0 Å². The van der Waals surface area contributed by atoms with Crippen LogP contribution in [0.25, 0.3) is 11.0 Å². The van der Waals surface area contributed by atoms with Gasteiger partial charge < -0.3 is 9.72 Å². The molecule has 0 aliphatic heterocycles. The molecular formula is C13H10BrN3O. The van der Waals surface area contributed by atoms with Crippen LogP contribution in [0.1, 0.15) is 5.69 Å². The largest absolute Gasteiger partial charge is 0.487 e. The molecule has 0 atom stereocenters. The first-order valence-electron chi connectivity index (χ1n) is 5.49. The van der Waals surface area contributed by atoms with Crippen molar-refractivity contribution in [1.82, 2.24) is 15.0 Å². The molecule has 0 unspecified atom stereocenters. The number of H-pyrrole nitrogens is 1. The van der Waals surface area contributed by atoms with Gasteiger partial charge >= 0.3 is 0 Å². The van der Waals surface area contributed by atoms with Crippen molar-refractivity contribution in [2.45, 2.75) is 6.61 Å². The van der Waals surface area contributed by atoms with Crippen LogP contribution in [0.3, 0.4) is 0 Å². The molecule has 0 aliphatic rings. The standard InChI is InChI=1S/C13H10BrN3O/c14-10-6-15-13-12(10)11(16-8-17-13)7-18-9-4-2-1-3-5-9/h1-6,8H,7H2,(H,15,16,17). The first-order valence-corrected chi connectivity index (χ1v) is 6.28. The molecule has 0 spiro atoms. The van der Waals surface area contributed by atoms with Crippen LogP contribution < -0.4 is 4.74 Å². The molecular weight excluding hydrogens is 294 g/mol. The van der Waals surface area contributed by atoms with E-state index in [0.717, 1.165) is 26.9 Å². The lowest BCUT2D eigenvalue weighted by molar-refractivity contribution is 0.303. The van der Waals surface area contributed by atoms with Gasteiger partial charge in [0.25, 0.3) is 0 Å². The Labute approximate surface area is 112 Å². The monoisotopic (exact) mass is 303 g/mol. The Bertz CT molecular complexity index is 666. The number of halogens is 1. The fourth-order valence-corrected chi connectivity index (χ4v) is 2.30. The molecule has 1 aromatic carbocycles. The Morgan fingerprint density at radius 3 is 2.83 bits per heavy atom. The summed E-state index contributed by atoms with van der Waals surface area (Å²) < 4.78 is 6.65. The topological polar surface area (TPSA) is 50.8 Å². The Balaban J connectivity index is 1.89. The molecule has 3 aromatic rings. The van der Waals surface area contributed by atoms with E-state index >= 15 is 0 Å².